The summed E-state index contributed by atoms with van der Waals surface area (Å²) in [6.07, 6.45) is 8.25. The fourth-order valence-corrected chi connectivity index (χ4v) is 3.95. The van der Waals surface area contributed by atoms with E-state index in [1.165, 1.54) is 32.1 Å². The van der Waals surface area contributed by atoms with Crippen molar-refractivity contribution in [3.05, 3.63) is 22.2 Å². The first-order chi connectivity index (χ1) is 10.2. The zero-order valence-corrected chi connectivity index (χ0v) is 13.9. The molecule has 0 radical (unpaired) electrons. The summed E-state index contributed by atoms with van der Waals surface area (Å²) in [4.78, 5) is 0. The molecule has 1 heterocycles. The number of aliphatic hydroxyl groups excluding tert-OH is 1. The minimum Gasteiger partial charge on any atom is -0.486 e. The van der Waals surface area contributed by atoms with E-state index in [1.54, 1.807) is 0 Å². The first kappa shape index (κ1) is 15.2. The van der Waals surface area contributed by atoms with Gasteiger partial charge in [0.15, 0.2) is 11.5 Å². The molecule has 3 nitrogen and oxygen atoms in total. The highest BCUT2D eigenvalue weighted by Crippen LogP contribution is 2.39. The second-order valence-electron chi connectivity index (χ2n) is 6.11. The van der Waals surface area contributed by atoms with Crippen LogP contribution >= 0.6 is 15.9 Å². The minimum atomic E-state index is -0.433. The minimum absolute atomic E-state index is 0.433. The molecule has 0 spiro atoms. The molecule has 1 saturated carbocycles. The van der Waals surface area contributed by atoms with Crippen LogP contribution in [0.4, 0.5) is 0 Å². The molecule has 1 fully saturated rings. The summed E-state index contributed by atoms with van der Waals surface area (Å²) in [5.41, 5.74) is 0.912. The summed E-state index contributed by atoms with van der Waals surface area (Å²) in [5.74, 6) is 2.30. The van der Waals surface area contributed by atoms with Gasteiger partial charge in [-0.15, -0.1) is 0 Å². The number of hydrogen-bond acceptors (Lipinski definition) is 3. The molecule has 4 heteroatoms. The third kappa shape index (κ3) is 3.72. The lowest BCUT2D eigenvalue weighted by atomic mass is 9.85. The van der Waals surface area contributed by atoms with E-state index in [0.29, 0.717) is 13.2 Å². The molecule has 1 aliphatic carbocycles. The van der Waals surface area contributed by atoms with Gasteiger partial charge in [0.1, 0.15) is 13.2 Å². The zero-order valence-electron chi connectivity index (χ0n) is 12.3. The Labute approximate surface area is 134 Å². The monoisotopic (exact) mass is 354 g/mol. The van der Waals surface area contributed by atoms with Gasteiger partial charge >= 0.3 is 0 Å². The Morgan fingerprint density at radius 3 is 2.48 bits per heavy atom. The van der Waals surface area contributed by atoms with Gasteiger partial charge in [0.05, 0.1) is 6.10 Å². The normalized spacial score (nSPS) is 20.3. The summed E-state index contributed by atoms with van der Waals surface area (Å²) >= 11 is 3.55. The van der Waals surface area contributed by atoms with Crippen LogP contribution in [0.3, 0.4) is 0 Å². The van der Waals surface area contributed by atoms with Crippen molar-refractivity contribution in [1.29, 1.82) is 0 Å². The van der Waals surface area contributed by atoms with E-state index < -0.39 is 6.10 Å². The van der Waals surface area contributed by atoms with Crippen LogP contribution in [0.2, 0.25) is 0 Å². The van der Waals surface area contributed by atoms with Gasteiger partial charge in [-0.2, -0.15) is 0 Å². The van der Waals surface area contributed by atoms with E-state index in [4.69, 9.17) is 9.47 Å². The topological polar surface area (TPSA) is 38.7 Å². The summed E-state index contributed by atoms with van der Waals surface area (Å²) in [7, 11) is 0. The molecule has 1 unspecified atom stereocenters. The molecule has 2 aliphatic rings. The molecule has 0 amide bonds. The van der Waals surface area contributed by atoms with Gasteiger partial charge in [0.2, 0.25) is 0 Å². The molecule has 0 bridgehead atoms. The van der Waals surface area contributed by atoms with Crippen molar-refractivity contribution in [2.24, 2.45) is 5.92 Å². The average Bonchev–Trinajstić information content (AvgIpc) is 2.53. The highest BCUT2D eigenvalue weighted by Gasteiger charge is 2.21. The summed E-state index contributed by atoms with van der Waals surface area (Å²) in [6, 6.07) is 3.83. The smallest absolute Gasteiger partial charge is 0.162 e. The molecule has 1 aromatic carbocycles. The van der Waals surface area contributed by atoms with Gasteiger partial charge in [0.25, 0.3) is 0 Å². The lowest BCUT2D eigenvalue weighted by Crippen LogP contribution is -2.16. The van der Waals surface area contributed by atoms with Crippen molar-refractivity contribution < 1.29 is 14.6 Å². The van der Waals surface area contributed by atoms with E-state index in [0.717, 1.165) is 40.3 Å². The van der Waals surface area contributed by atoms with Crippen molar-refractivity contribution in [2.75, 3.05) is 13.2 Å². The molecule has 0 aromatic heterocycles. The molecular formula is C17H23BrO3. The predicted octanol–water partition coefficient (Wildman–Crippen LogP) is 4.61. The van der Waals surface area contributed by atoms with Crippen LogP contribution < -0.4 is 9.47 Å². The van der Waals surface area contributed by atoms with Crippen LogP contribution in [0.25, 0.3) is 0 Å². The van der Waals surface area contributed by atoms with Crippen molar-refractivity contribution in [2.45, 2.75) is 51.0 Å². The van der Waals surface area contributed by atoms with E-state index in [-0.39, 0.29) is 0 Å². The Kier molecular flexibility index (Phi) is 5.07. The quantitative estimate of drug-likeness (QED) is 0.857. The Bertz CT molecular complexity index is 483. The van der Waals surface area contributed by atoms with E-state index in [9.17, 15) is 5.11 Å². The van der Waals surface area contributed by atoms with Gasteiger partial charge in [0, 0.05) is 4.47 Å². The first-order valence-corrected chi connectivity index (χ1v) is 8.80. The van der Waals surface area contributed by atoms with Crippen LogP contribution in [0.15, 0.2) is 16.6 Å². The highest BCUT2D eigenvalue weighted by atomic mass is 79.9. The number of ether oxygens (including phenoxy) is 2. The van der Waals surface area contributed by atoms with Crippen LogP contribution in [0, 0.1) is 5.92 Å². The van der Waals surface area contributed by atoms with Crippen molar-refractivity contribution >= 4 is 15.9 Å². The standard InChI is InChI=1S/C17H23BrO3/c18-14-11-17-16(20-8-9-21-17)10-13(14)15(19)7-6-12-4-2-1-3-5-12/h10-12,15,19H,1-9H2. The fourth-order valence-electron chi connectivity index (χ4n) is 3.36. The maximum absolute atomic E-state index is 10.5. The van der Waals surface area contributed by atoms with Gasteiger partial charge in [-0.1, -0.05) is 48.0 Å². The molecule has 1 aliphatic heterocycles. The second-order valence-corrected chi connectivity index (χ2v) is 6.97. The SMILES string of the molecule is OC(CCC1CCCCC1)c1cc2c(cc1Br)OCCO2. The molecule has 1 aromatic rings. The largest absolute Gasteiger partial charge is 0.486 e. The maximum atomic E-state index is 10.5. The summed E-state index contributed by atoms with van der Waals surface area (Å²) in [6.45, 7) is 1.16. The molecule has 1 N–H and O–H groups in total. The van der Waals surface area contributed by atoms with Crippen LogP contribution in [0.1, 0.15) is 56.6 Å². The summed E-state index contributed by atoms with van der Waals surface area (Å²) in [5, 5.41) is 10.5. The highest BCUT2D eigenvalue weighted by molar-refractivity contribution is 9.10. The number of benzene rings is 1. The van der Waals surface area contributed by atoms with Gasteiger partial charge in [-0.05, 0) is 36.5 Å². The van der Waals surface area contributed by atoms with E-state index in [1.807, 2.05) is 12.1 Å². The number of hydrogen-bond donors (Lipinski definition) is 1. The van der Waals surface area contributed by atoms with Crippen molar-refractivity contribution in [3.63, 3.8) is 0 Å². The Balaban J connectivity index is 1.64. The number of rotatable bonds is 4. The second kappa shape index (κ2) is 7.01. The number of fused-ring (bicyclic) bond motifs is 1. The molecule has 21 heavy (non-hydrogen) atoms. The van der Waals surface area contributed by atoms with Crippen LogP contribution in [0.5, 0.6) is 11.5 Å². The summed E-state index contributed by atoms with van der Waals surface area (Å²) < 4.78 is 12.1. The first-order valence-electron chi connectivity index (χ1n) is 8.01. The zero-order chi connectivity index (χ0) is 14.7. The molecule has 116 valence electrons. The van der Waals surface area contributed by atoms with Gasteiger partial charge < -0.3 is 14.6 Å². The van der Waals surface area contributed by atoms with Gasteiger partial charge in [-0.25, -0.2) is 0 Å². The number of aliphatic hydroxyl groups is 1. The average molecular weight is 355 g/mol. The van der Waals surface area contributed by atoms with Crippen molar-refractivity contribution in [3.8, 4) is 11.5 Å². The molecular weight excluding hydrogens is 332 g/mol. The van der Waals surface area contributed by atoms with Gasteiger partial charge in [-0.3, -0.25) is 0 Å². The maximum Gasteiger partial charge on any atom is 0.162 e. The Hall–Kier alpha value is -0.740. The third-order valence-electron chi connectivity index (χ3n) is 4.59. The van der Waals surface area contributed by atoms with Crippen molar-refractivity contribution in [1.82, 2.24) is 0 Å². The molecule has 0 saturated heterocycles. The number of halogens is 1. The predicted molar refractivity (Wildman–Crippen MR) is 85.9 cm³/mol. The lowest BCUT2D eigenvalue weighted by Gasteiger charge is -2.24. The molecule has 3 rings (SSSR count). The van der Waals surface area contributed by atoms with Crippen LogP contribution in [-0.2, 0) is 0 Å². The lowest BCUT2D eigenvalue weighted by molar-refractivity contribution is 0.147. The van der Waals surface area contributed by atoms with E-state index in [2.05, 4.69) is 15.9 Å². The Morgan fingerprint density at radius 2 is 1.76 bits per heavy atom. The molecule has 1 atom stereocenters. The van der Waals surface area contributed by atoms with E-state index >= 15 is 0 Å². The fraction of sp³-hybridized carbons (Fsp3) is 0.647. The van der Waals surface area contributed by atoms with Crippen LogP contribution in [-0.4, -0.2) is 18.3 Å². The Morgan fingerprint density at radius 1 is 1.10 bits per heavy atom. The third-order valence-corrected chi connectivity index (χ3v) is 5.28.